The molecule has 0 unspecified atom stereocenters. The van der Waals surface area contributed by atoms with Gasteiger partial charge in [-0.15, -0.1) is 13.2 Å². The molecule has 0 bridgehead atoms. The minimum Gasteiger partial charge on any atom is -0.317 e. The normalized spacial score (nSPS) is 11.0. The third-order valence-electron chi connectivity index (χ3n) is 1.22. The Bertz CT molecular complexity index is 214. The molecule has 0 aromatic carbocycles. The summed E-state index contributed by atoms with van der Waals surface area (Å²) in [6, 6.07) is 0. The summed E-state index contributed by atoms with van der Waals surface area (Å²) in [5.41, 5.74) is 0. The van der Waals surface area contributed by atoms with Gasteiger partial charge in [0.15, 0.2) is 0 Å². The van der Waals surface area contributed by atoms with E-state index in [1.807, 2.05) is 0 Å². The van der Waals surface area contributed by atoms with Crippen molar-refractivity contribution in [3.05, 3.63) is 0 Å². The highest BCUT2D eigenvalue weighted by molar-refractivity contribution is 7.46. The molecule has 0 rings (SSSR count). The van der Waals surface area contributed by atoms with Crippen molar-refractivity contribution in [1.82, 2.24) is 10.6 Å². The Morgan fingerprint density at radius 3 is 1.21 bits per heavy atom. The topological polar surface area (TPSA) is 90.8 Å². The molecular weight excluding hydrogens is 288 g/mol. The van der Waals surface area contributed by atoms with Gasteiger partial charge in [0, 0.05) is 0 Å². The number of phosphoric acid groups is 1. The molecule has 0 aliphatic heterocycles. The number of hydrogen-bond donors (Lipinski definition) is 4. The summed E-state index contributed by atoms with van der Waals surface area (Å²) >= 11 is 0. The summed E-state index contributed by atoms with van der Waals surface area (Å²) in [5.74, 6) is 0. The molecule has 0 radical (unpaired) electrons. The fourth-order valence-electron chi connectivity index (χ4n) is 0.635. The van der Waals surface area contributed by atoms with E-state index in [0.29, 0.717) is 0 Å². The van der Waals surface area contributed by atoms with Crippen LogP contribution in [0.1, 0.15) is 27.7 Å². The summed E-state index contributed by atoms with van der Waals surface area (Å²) < 4.78 is 44.2. The van der Waals surface area contributed by atoms with Gasteiger partial charge in [-0.05, 0) is 26.2 Å². The molecule has 10 heteroatoms. The maximum atomic E-state index is 10.8. The van der Waals surface area contributed by atoms with Gasteiger partial charge in [-0.2, -0.15) is 4.52 Å². The highest BCUT2D eigenvalue weighted by atomic mass is 31.2. The lowest BCUT2D eigenvalue weighted by atomic mass is 10.7. The van der Waals surface area contributed by atoms with Crippen molar-refractivity contribution < 1.29 is 32.0 Å². The van der Waals surface area contributed by atoms with E-state index < -0.39 is 14.2 Å². The standard InChI is InChI=1S/2C4H11N.CH2F3O4P/c2*1-3-5-4-2;2-1(3,4)8-9(5,6)7/h2*5H,3-4H2,1-2H3;(H2,5,6,7). The van der Waals surface area contributed by atoms with Gasteiger partial charge in [-0.3, -0.25) is 0 Å². The Balaban J connectivity index is -0.000000219. The van der Waals surface area contributed by atoms with Crippen LogP contribution in [0.3, 0.4) is 0 Å². The predicted molar refractivity (Wildman–Crippen MR) is 67.6 cm³/mol. The first-order chi connectivity index (χ1) is 8.54. The molecule has 0 amide bonds. The first-order valence-electron chi connectivity index (χ1n) is 5.78. The van der Waals surface area contributed by atoms with E-state index in [-0.39, 0.29) is 0 Å². The minimum atomic E-state index is -5.41. The van der Waals surface area contributed by atoms with Crippen LogP contribution in [-0.4, -0.2) is 42.3 Å². The van der Waals surface area contributed by atoms with Crippen LogP contribution in [0.25, 0.3) is 0 Å². The van der Waals surface area contributed by atoms with Crippen molar-refractivity contribution in [3.8, 4) is 0 Å². The molecular formula is C9H24F3N2O4P. The van der Waals surface area contributed by atoms with Crippen molar-refractivity contribution in [3.63, 3.8) is 0 Å². The first kappa shape index (κ1) is 23.9. The third-order valence-corrected chi connectivity index (χ3v) is 1.67. The molecule has 0 spiro atoms. The molecule has 0 saturated carbocycles. The van der Waals surface area contributed by atoms with Crippen LogP contribution in [-0.2, 0) is 9.09 Å². The second-order valence-corrected chi connectivity index (χ2v) is 4.11. The molecule has 0 aliphatic rings. The van der Waals surface area contributed by atoms with Crippen molar-refractivity contribution >= 4 is 7.82 Å². The van der Waals surface area contributed by atoms with Gasteiger partial charge in [0.2, 0.25) is 0 Å². The molecule has 0 aromatic rings. The summed E-state index contributed by atoms with van der Waals surface area (Å²) in [6.07, 6.45) is -5.28. The lowest BCUT2D eigenvalue weighted by Gasteiger charge is -2.06. The lowest BCUT2D eigenvalue weighted by Crippen LogP contribution is -2.10. The Morgan fingerprint density at radius 1 is 0.947 bits per heavy atom. The van der Waals surface area contributed by atoms with Crippen LogP contribution in [0.4, 0.5) is 13.2 Å². The van der Waals surface area contributed by atoms with Crippen LogP contribution in [0, 0.1) is 0 Å². The number of rotatable bonds is 5. The number of alkyl halides is 3. The van der Waals surface area contributed by atoms with Crippen LogP contribution < -0.4 is 10.6 Å². The smallest absolute Gasteiger partial charge is 0.317 e. The average molecular weight is 312 g/mol. The molecule has 0 aromatic heterocycles. The van der Waals surface area contributed by atoms with Gasteiger partial charge in [0.1, 0.15) is 0 Å². The minimum absolute atomic E-state index is 1.09. The van der Waals surface area contributed by atoms with Crippen molar-refractivity contribution in [1.29, 1.82) is 0 Å². The summed E-state index contributed by atoms with van der Waals surface area (Å²) in [7, 11) is -5.41. The van der Waals surface area contributed by atoms with Gasteiger partial charge in [0.05, 0.1) is 0 Å². The molecule has 19 heavy (non-hydrogen) atoms. The van der Waals surface area contributed by atoms with E-state index >= 15 is 0 Å². The van der Waals surface area contributed by atoms with E-state index in [9.17, 15) is 17.7 Å². The van der Waals surface area contributed by atoms with Crippen molar-refractivity contribution in [2.24, 2.45) is 0 Å². The van der Waals surface area contributed by atoms with E-state index in [2.05, 4.69) is 42.9 Å². The quantitative estimate of drug-likeness (QED) is 0.579. The molecule has 120 valence electrons. The van der Waals surface area contributed by atoms with Gasteiger partial charge in [-0.1, -0.05) is 27.7 Å². The molecule has 0 atom stereocenters. The number of nitrogens with one attached hydrogen (secondary N) is 2. The maximum absolute atomic E-state index is 10.8. The molecule has 0 fully saturated rings. The van der Waals surface area contributed by atoms with Gasteiger partial charge in [-0.25, -0.2) is 4.57 Å². The maximum Gasteiger partial charge on any atom is 0.531 e. The van der Waals surface area contributed by atoms with Crippen molar-refractivity contribution in [2.45, 2.75) is 34.1 Å². The second kappa shape index (κ2) is 14.2. The third kappa shape index (κ3) is 46.2. The molecule has 0 saturated heterocycles. The Hall–Kier alpha value is -0.180. The first-order valence-corrected chi connectivity index (χ1v) is 7.31. The second-order valence-electron chi connectivity index (χ2n) is 2.94. The number of halogens is 3. The molecule has 4 N–H and O–H groups in total. The zero-order chi connectivity index (χ0) is 15.9. The summed E-state index contributed by atoms with van der Waals surface area (Å²) in [5, 5.41) is 6.22. The molecule has 0 heterocycles. The Labute approximate surface area is 112 Å². The highest BCUT2D eigenvalue weighted by Crippen LogP contribution is 2.42. The lowest BCUT2D eigenvalue weighted by molar-refractivity contribution is -0.281. The van der Waals surface area contributed by atoms with Gasteiger partial charge < -0.3 is 20.4 Å². The van der Waals surface area contributed by atoms with Crippen LogP contribution >= 0.6 is 7.82 Å². The summed E-state index contributed by atoms with van der Waals surface area (Å²) in [6.45, 7) is 12.8. The SMILES string of the molecule is CCNCC.CCNCC.O=P(O)(O)OC(F)(F)F. The van der Waals surface area contributed by atoms with E-state index in [4.69, 9.17) is 9.79 Å². The van der Waals surface area contributed by atoms with Gasteiger partial charge in [0.25, 0.3) is 0 Å². The fourth-order valence-corrected chi connectivity index (χ4v) is 0.905. The molecule has 0 aliphatic carbocycles. The van der Waals surface area contributed by atoms with E-state index in [0.717, 1.165) is 26.2 Å². The summed E-state index contributed by atoms with van der Waals surface area (Å²) in [4.78, 5) is 15.0. The van der Waals surface area contributed by atoms with Crippen LogP contribution in [0.2, 0.25) is 0 Å². The molecule has 6 nitrogen and oxygen atoms in total. The largest absolute Gasteiger partial charge is 0.531 e. The Morgan fingerprint density at radius 2 is 1.21 bits per heavy atom. The van der Waals surface area contributed by atoms with Crippen molar-refractivity contribution in [2.75, 3.05) is 26.2 Å². The van der Waals surface area contributed by atoms with E-state index in [1.54, 1.807) is 0 Å². The fraction of sp³-hybridized carbons (Fsp3) is 1.00. The monoisotopic (exact) mass is 312 g/mol. The Kier molecular flexibility index (Phi) is 17.9. The number of phosphoric ester groups is 1. The highest BCUT2D eigenvalue weighted by Gasteiger charge is 2.38. The average Bonchev–Trinajstić information content (AvgIpc) is 2.16. The van der Waals surface area contributed by atoms with Crippen LogP contribution in [0.15, 0.2) is 0 Å². The van der Waals surface area contributed by atoms with E-state index in [1.165, 1.54) is 0 Å². The van der Waals surface area contributed by atoms with Crippen LogP contribution in [0.5, 0.6) is 0 Å². The van der Waals surface area contributed by atoms with Gasteiger partial charge >= 0.3 is 14.2 Å². The zero-order valence-corrected chi connectivity index (χ0v) is 12.5. The predicted octanol–water partition coefficient (Wildman–Crippen LogP) is 1.85. The zero-order valence-electron chi connectivity index (χ0n) is 11.6. The number of hydrogen-bond acceptors (Lipinski definition) is 4.